The van der Waals surface area contributed by atoms with Gasteiger partial charge >= 0.3 is 0 Å². The Hall–Kier alpha value is -2.72. The lowest BCUT2D eigenvalue weighted by atomic mass is 10.1. The van der Waals surface area contributed by atoms with Gasteiger partial charge in [0.2, 0.25) is 9.84 Å². The molecule has 0 aliphatic carbocycles. The Balaban J connectivity index is 2.33. The highest BCUT2D eigenvalue weighted by Crippen LogP contribution is 2.40. The maximum Gasteiger partial charge on any atom is 0.220 e. The highest BCUT2D eigenvalue weighted by molar-refractivity contribution is 7.95. The van der Waals surface area contributed by atoms with Crippen molar-refractivity contribution in [1.29, 1.82) is 5.26 Å². The van der Waals surface area contributed by atoms with Crippen LogP contribution in [0.3, 0.4) is 0 Å². The van der Waals surface area contributed by atoms with Crippen LogP contribution in [-0.2, 0) is 9.84 Å². The topological polar surface area (TPSA) is 61.2 Å². The molecule has 0 saturated heterocycles. The fourth-order valence-electron chi connectivity index (χ4n) is 2.46. The molecule has 0 spiro atoms. The average molecular weight is 332 g/mol. The molecule has 0 saturated carbocycles. The number of hydrogen-bond donors (Lipinski definition) is 0. The number of nitriles is 1. The largest absolute Gasteiger partial charge is 0.313 e. The minimum absolute atomic E-state index is 0.0821. The number of rotatable bonds is 1. The quantitative estimate of drug-likeness (QED) is 0.749. The van der Waals surface area contributed by atoms with E-state index in [0.29, 0.717) is 11.3 Å². The van der Waals surface area contributed by atoms with E-state index in [9.17, 15) is 17.2 Å². The Kier molecular flexibility index (Phi) is 3.42. The fraction of sp³-hybridized carbons (Fsp3) is 0.0625. The number of aryl methyl sites for hydroxylation is 1. The van der Waals surface area contributed by atoms with Crippen LogP contribution in [0.1, 0.15) is 5.56 Å². The van der Waals surface area contributed by atoms with Gasteiger partial charge in [0.1, 0.15) is 17.7 Å². The molecule has 1 aliphatic heterocycles. The van der Waals surface area contributed by atoms with Crippen molar-refractivity contribution >= 4 is 21.2 Å². The number of allylic oxidation sites excluding steroid dienone is 1. The van der Waals surface area contributed by atoms with E-state index in [1.54, 1.807) is 13.0 Å². The second kappa shape index (κ2) is 5.18. The smallest absolute Gasteiger partial charge is 0.220 e. The summed E-state index contributed by atoms with van der Waals surface area (Å²) in [4.78, 5) is 0.759. The molecule has 0 aromatic heterocycles. The van der Waals surface area contributed by atoms with Gasteiger partial charge in [-0.1, -0.05) is 0 Å². The molecule has 1 aliphatic rings. The Bertz CT molecular complexity index is 992. The minimum Gasteiger partial charge on any atom is -0.313 e. The first kappa shape index (κ1) is 15.2. The van der Waals surface area contributed by atoms with E-state index in [0.717, 1.165) is 24.4 Å². The summed E-state index contributed by atoms with van der Waals surface area (Å²) in [6, 6.07) is 8.79. The van der Waals surface area contributed by atoms with E-state index in [1.807, 2.05) is 0 Å². The van der Waals surface area contributed by atoms with Crippen molar-refractivity contribution in [2.45, 2.75) is 11.8 Å². The fourth-order valence-corrected chi connectivity index (χ4v) is 3.74. The first-order chi connectivity index (χ1) is 10.8. The molecule has 0 bridgehead atoms. The van der Waals surface area contributed by atoms with Crippen LogP contribution in [-0.4, -0.2) is 8.42 Å². The zero-order valence-electron chi connectivity index (χ0n) is 11.9. The van der Waals surface area contributed by atoms with Crippen LogP contribution in [0.2, 0.25) is 0 Å². The third-order valence-electron chi connectivity index (χ3n) is 3.53. The number of fused-ring (bicyclic) bond motifs is 1. The Morgan fingerprint density at radius 1 is 1.04 bits per heavy atom. The summed E-state index contributed by atoms with van der Waals surface area (Å²) in [5, 5.41) is 9.13. The first-order valence-corrected chi connectivity index (χ1v) is 8.05. The molecule has 0 amide bonds. The van der Waals surface area contributed by atoms with Gasteiger partial charge in [-0.25, -0.2) is 17.2 Å². The second-order valence-corrected chi connectivity index (χ2v) is 6.91. The Labute approximate surface area is 131 Å². The summed E-state index contributed by atoms with van der Waals surface area (Å²) in [6.45, 7) is 1.64. The number of anilines is 2. The molecule has 0 N–H and O–H groups in total. The monoisotopic (exact) mass is 332 g/mol. The maximum absolute atomic E-state index is 13.6. The highest BCUT2D eigenvalue weighted by Gasteiger charge is 2.32. The lowest BCUT2D eigenvalue weighted by Crippen LogP contribution is -2.22. The van der Waals surface area contributed by atoms with Crippen LogP contribution in [0, 0.1) is 29.9 Å². The van der Waals surface area contributed by atoms with Gasteiger partial charge in [0, 0.05) is 11.9 Å². The second-order valence-electron chi connectivity index (χ2n) is 5.02. The zero-order valence-corrected chi connectivity index (χ0v) is 12.7. The number of benzene rings is 2. The van der Waals surface area contributed by atoms with Crippen molar-refractivity contribution in [3.63, 3.8) is 0 Å². The first-order valence-electron chi connectivity index (χ1n) is 6.56. The predicted octanol–water partition coefficient (Wildman–Crippen LogP) is 3.56. The SMILES string of the molecule is Cc1cc(F)ccc1N1C=C(C#N)S(=O)(=O)c2ccc(F)cc21. The van der Waals surface area contributed by atoms with Crippen molar-refractivity contribution in [3.8, 4) is 6.07 Å². The minimum atomic E-state index is -3.99. The van der Waals surface area contributed by atoms with E-state index in [2.05, 4.69) is 0 Å². The van der Waals surface area contributed by atoms with Crippen LogP contribution in [0.5, 0.6) is 0 Å². The van der Waals surface area contributed by atoms with Gasteiger partial charge in [0.05, 0.1) is 10.6 Å². The molecule has 2 aromatic carbocycles. The molecule has 0 radical (unpaired) electrons. The predicted molar refractivity (Wildman–Crippen MR) is 80.6 cm³/mol. The van der Waals surface area contributed by atoms with Crippen molar-refractivity contribution in [1.82, 2.24) is 0 Å². The average Bonchev–Trinajstić information content (AvgIpc) is 2.48. The van der Waals surface area contributed by atoms with Gasteiger partial charge in [-0.2, -0.15) is 5.26 Å². The lowest BCUT2D eigenvalue weighted by Gasteiger charge is -2.28. The maximum atomic E-state index is 13.6. The molecule has 7 heteroatoms. The molecular weight excluding hydrogens is 322 g/mol. The summed E-state index contributed by atoms with van der Waals surface area (Å²) in [5.74, 6) is -1.06. The third kappa shape index (κ3) is 2.37. The number of hydrogen-bond acceptors (Lipinski definition) is 4. The molecule has 116 valence electrons. The van der Waals surface area contributed by atoms with Crippen LogP contribution >= 0.6 is 0 Å². The standard InChI is InChI=1S/C16H10F2N2O2S/c1-10-6-11(17)2-4-14(10)20-9-13(8-19)23(21,22)16-5-3-12(18)7-15(16)20/h2-7,9H,1H3. The third-order valence-corrected chi connectivity index (χ3v) is 5.23. The summed E-state index contributed by atoms with van der Waals surface area (Å²) in [7, 11) is -3.99. The molecule has 23 heavy (non-hydrogen) atoms. The van der Waals surface area contributed by atoms with E-state index in [4.69, 9.17) is 5.26 Å². The summed E-state index contributed by atoms with van der Waals surface area (Å²) in [6.07, 6.45) is 1.12. The van der Waals surface area contributed by atoms with E-state index in [1.165, 1.54) is 23.1 Å². The molecule has 1 heterocycles. The van der Waals surface area contributed by atoms with Gasteiger partial charge in [0.15, 0.2) is 4.91 Å². The van der Waals surface area contributed by atoms with Gasteiger partial charge in [-0.3, -0.25) is 0 Å². The van der Waals surface area contributed by atoms with Crippen molar-refractivity contribution in [3.05, 3.63) is 64.7 Å². The molecular formula is C16H10F2N2O2S. The highest BCUT2D eigenvalue weighted by atomic mass is 32.2. The van der Waals surface area contributed by atoms with E-state index >= 15 is 0 Å². The number of halogens is 2. The Morgan fingerprint density at radius 3 is 2.35 bits per heavy atom. The van der Waals surface area contributed by atoms with Gasteiger partial charge < -0.3 is 4.90 Å². The van der Waals surface area contributed by atoms with Crippen molar-refractivity contribution < 1.29 is 17.2 Å². The summed E-state index contributed by atoms with van der Waals surface area (Å²) >= 11 is 0. The number of nitrogens with zero attached hydrogens (tertiary/aromatic N) is 2. The molecule has 4 nitrogen and oxygen atoms in total. The van der Waals surface area contributed by atoms with Gasteiger partial charge in [-0.05, 0) is 48.9 Å². The van der Waals surface area contributed by atoms with Gasteiger partial charge in [0.25, 0.3) is 0 Å². The van der Waals surface area contributed by atoms with Gasteiger partial charge in [-0.15, -0.1) is 0 Å². The normalized spacial score (nSPS) is 15.6. The van der Waals surface area contributed by atoms with E-state index < -0.39 is 26.4 Å². The molecule has 0 atom stereocenters. The molecule has 2 aromatic rings. The molecule has 0 fully saturated rings. The van der Waals surface area contributed by atoms with Crippen LogP contribution in [0.15, 0.2) is 52.4 Å². The van der Waals surface area contributed by atoms with Crippen LogP contribution < -0.4 is 4.90 Å². The Morgan fingerprint density at radius 2 is 1.70 bits per heavy atom. The van der Waals surface area contributed by atoms with E-state index in [-0.39, 0.29) is 10.6 Å². The summed E-state index contributed by atoms with van der Waals surface area (Å²) < 4.78 is 51.6. The summed E-state index contributed by atoms with van der Waals surface area (Å²) in [5.41, 5.74) is 1.06. The molecule has 0 unspecified atom stereocenters. The number of sulfone groups is 1. The lowest BCUT2D eigenvalue weighted by molar-refractivity contribution is 0.600. The van der Waals surface area contributed by atoms with Crippen molar-refractivity contribution in [2.24, 2.45) is 0 Å². The molecule has 3 rings (SSSR count). The van der Waals surface area contributed by atoms with Crippen molar-refractivity contribution in [2.75, 3.05) is 4.90 Å². The van der Waals surface area contributed by atoms with Crippen LogP contribution in [0.25, 0.3) is 0 Å². The van der Waals surface area contributed by atoms with Crippen LogP contribution in [0.4, 0.5) is 20.2 Å². The zero-order chi connectivity index (χ0) is 16.8.